The van der Waals surface area contributed by atoms with Crippen molar-refractivity contribution >= 4 is 5.78 Å². The molecule has 18 heavy (non-hydrogen) atoms. The zero-order chi connectivity index (χ0) is 13.0. The van der Waals surface area contributed by atoms with Crippen LogP contribution < -0.4 is 5.32 Å². The number of rotatable bonds is 5. The fourth-order valence-corrected chi connectivity index (χ4v) is 2.71. The molecule has 1 atom stereocenters. The fraction of sp³-hybridized carbons (Fsp3) is 0.714. The van der Waals surface area contributed by atoms with Gasteiger partial charge in [0.1, 0.15) is 5.78 Å². The number of piperidine rings is 1. The van der Waals surface area contributed by atoms with Gasteiger partial charge in [-0.1, -0.05) is 0 Å². The number of hydrogen-bond donors (Lipinski definition) is 1. The van der Waals surface area contributed by atoms with Crippen molar-refractivity contribution in [3.63, 3.8) is 0 Å². The Balaban J connectivity index is 1.89. The summed E-state index contributed by atoms with van der Waals surface area (Å²) in [6.45, 7) is 6.97. The molecule has 0 saturated carbocycles. The molecule has 1 unspecified atom stereocenters. The molecule has 0 aromatic carbocycles. The van der Waals surface area contributed by atoms with Crippen molar-refractivity contribution in [3.8, 4) is 0 Å². The van der Waals surface area contributed by atoms with Crippen LogP contribution in [-0.2, 0) is 17.8 Å². The second kappa shape index (κ2) is 6.14. The summed E-state index contributed by atoms with van der Waals surface area (Å²) in [4.78, 5) is 12.1. The third-order valence-corrected chi connectivity index (χ3v) is 3.58. The van der Waals surface area contributed by atoms with E-state index in [0.29, 0.717) is 24.5 Å². The Kier molecular flexibility index (Phi) is 4.53. The average Bonchev–Trinajstić information content (AvgIpc) is 2.70. The number of carbonyl (C=O) groups excluding carboxylic acids is 1. The van der Waals surface area contributed by atoms with Gasteiger partial charge < -0.3 is 5.32 Å². The average molecular weight is 249 g/mol. The van der Waals surface area contributed by atoms with Gasteiger partial charge in [0, 0.05) is 25.1 Å². The van der Waals surface area contributed by atoms with Crippen LogP contribution in [-0.4, -0.2) is 28.7 Å². The number of Topliss-reactive ketones (excluding diaryl/α,β-unsaturated/α-hetero) is 1. The van der Waals surface area contributed by atoms with Crippen molar-refractivity contribution in [3.05, 3.63) is 17.5 Å². The summed E-state index contributed by atoms with van der Waals surface area (Å²) >= 11 is 0. The molecular weight excluding hydrogens is 226 g/mol. The molecule has 1 aliphatic heterocycles. The first-order valence-corrected chi connectivity index (χ1v) is 6.94. The first kappa shape index (κ1) is 13.3. The van der Waals surface area contributed by atoms with Gasteiger partial charge in [-0.3, -0.25) is 9.48 Å². The quantitative estimate of drug-likeness (QED) is 0.864. The Morgan fingerprint density at radius 2 is 2.44 bits per heavy atom. The molecule has 1 aromatic heterocycles. The summed E-state index contributed by atoms with van der Waals surface area (Å²) in [5, 5.41) is 7.74. The Hall–Kier alpha value is -1.16. The maximum atomic E-state index is 12.1. The van der Waals surface area contributed by atoms with E-state index in [1.165, 1.54) is 12.8 Å². The molecule has 4 heteroatoms. The zero-order valence-corrected chi connectivity index (χ0v) is 11.4. The highest BCUT2D eigenvalue weighted by Crippen LogP contribution is 2.16. The summed E-state index contributed by atoms with van der Waals surface area (Å²) in [6.07, 6.45) is 3.63. The van der Waals surface area contributed by atoms with Gasteiger partial charge in [-0.2, -0.15) is 5.10 Å². The summed E-state index contributed by atoms with van der Waals surface area (Å²) in [5.41, 5.74) is 2.06. The van der Waals surface area contributed by atoms with Gasteiger partial charge in [-0.05, 0) is 51.8 Å². The van der Waals surface area contributed by atoms with Crippen LogP contribution >= 0.6 is 0 Å². The summed E-state index contributed by atoms with van der Waals surface area (Å²) in [6, 6.07) is 2.03. The van der Waals surface area contributed by atoms with Crippen LogP contribution in [0.15, 0.2) is 6.07 Å². The number of nitrogens with zero attached hydrogens (tertiary/aromatic N) is 2. The van der Waals surface area contributed by atoms with E-state index in [2.05, 4.69) is 17.3 Å². The summed E-state index contributed by atoms with van der Waals surface area (Å²) < 4.78 is 1.94. The maximum absolute atomic E-state index is 12.1. The maximum Gasteiger partial charge on any atom is 0.139 e. The van der Waals surface area contributed by atoms with Crippen LogP contribution in [0.1, 0.15) is 37.6 Å². The molecule has 2 rings (SSSR count). The molecule has 0 amide bonds. The van der Waals surface area contributed by atoms with E-state index in [-0.39, 0.29) is 0 Å². The molecule has 0 bridgehead atoms. The number of hydrogen-bond acceptors (Lipinski definition) is 3. The van der Waals surface area contributed by atoms with Crippen molar-refractivity contribution in [2.45, 2.75) is 46.1 Å². The lowest BCUT2D eigenvalue weighted by Crippen LogP contribution is -2.31. The van der Waals surface area contributed by atoms with E-state index in [1.54, 1.807) is 0 Å². The smallest absolute Gasteiger partial charge is 0.139 e. The van der Waals surface area contributed by atoms with Crippen molar-refractivity contribution in [2.75, 3.05) is 13.1 Å². The summed E-state index contributed by atoms with van der Waals surface area (Å²) in [5.74, 6) is 0.878. The predicted molar refractivity (Wildman–Crippen MR) is 71.6 cm³/mol. The minimum absolute atomic E-state index is 0.346. The predicted octanol–water partition coefficient (Wildman–Crippen LogP) is 1.71. The molecule has 1 N–H and O–H groups in total. The molecule has 0 spiro atoms. The van der Waals surface area contributed by atoms with E-state index in [0.717, 1.165) is 31.0 Å². The normalized spacial score (nSPS) is 20.0. The lowest BCUT2D eigenvalue weighted by molar-refractivity contribution is -0.119. The molecule has 1 aromatic rings. The zero-order valence-electron chi connectivity index (χ0n) is 11.4. The van der Waals surface area contributed by atoms with E-state index in [4.69, 9.17) is 0 Å². The molecule has 100 valence electrons. The number of nitrogens with one attached hydrogen (secondary N) is 1. The third kappa shape index (κ3) is 3.42. The molecule has 1 saturated heterocycles. The Morgan fingerprint density at radius 1 is 1.61 bits per heavy atom. The van der Waals surface area contributed by atoms with Crippen molar-refractivity contribution < 1.29 is 4.79 Å². The second-order valence-electron chi connectivity index (χ2n) is 5.22. The van der Waals surface area contributed by atoms with Gasteiger partial charge in [-0.15, -0.1) is 0 Å². The third-order valence-electron chi connectivity index (χ3n) is 3.58. The van der Waals surface area contributed by atoms with Gasteiger partial charge in [-0.25, -0.2) is 0 Å². The molecule has 0 aliphatic carbocycles. The largest absolute Gasteiger partial charge is 0.316 e. The summed E-state index contributed by atoms with van der Waals surface area (Å²) in [7, 11) is 0. The van der Waals surface area contributed by atoms with Crippen LogP contribution in [0.25, 0.3) is 0 Å². The first-order chi connectivity index (χ1) is 8.69. The first-order valence-electron chi connectivity index (χ1n) is 6.94. The SMILES string of the molecule is CCn1nc(C)cc1CC(=O)CC1CCCNC1. The molecule has 0 radical (unpaired) electrons. The van der Waals surface area contributed by atoms with E-state index < -0.39 is 0 Å². The number of aryl methyl sites for hydroxylation is 2. The minimum atomic E-state index is 0.346. The standard InChI is InChI=1S/C14H23N3O/c1-3-17-13(7-11(2)16-17)9-14(18)8-12-5-4-6-15-10-12/h7,12,15H,3-6,8-10H2,1-2H3. The Labute approximate surface area is 109 Å². The van der Waals surface area contributed by atoms with Gasteiger partial charge in [0.2, 0.25) is 0 Å². The van der Waals surface area contributed by atoms with Gasteiger partial charge in [0.05, 0.1) is 5.69 Å². The molecular formula is C14H23N3O. The molecule has 1 aliphatic rings. The molecule has 4 nitrogen and oxygen atoms in total. The van der Waals surface area contributed by atoms with Crippen LogP contribution in [0, 0.1) is 12.8 Å². The van der Waals surface area contributed by atoms with Gasteiger partial charge >= 0.3 is 0 Å². The van der Waals surface area contributed by atoms with E-state index in [9.17, 15) is 4.79 Å². The van der Waals surface area contributed by atoms with Crippen molar-refractivity contribution in [1.82, 2.24) is 15.1 Å². The fourth-order valence-electron chi connectivity index (χ4n) is 2.71. The van der Waals surface area contributed by atoms with Crippen LogP contribution in [0.3, 0.4) is 0 Å². The highest BCUT2D eigenvalue weighted by molar-refractivity contribution is 5.80. The second-order valence-corrected chi connectivity index (χ2v) is 5.22. The molecule has 2 heterocycles. The van der Waals surface area contributed by atoms with Crippen molar-refractivity contribution in [1.29, 1.82) is 0 Å². The van der Waals surface area contributed by atoms with Gasteiger partial charge in [0.25, 0.3) is 0 Å². The number of carbonyl (C=O) groups is 1. The van der Waals surface area contributed by atoms with Gasteiger partial charge in [0.15, 0.2) is 0 Å². The Morgan fingerprint density at radius 3 is 3.11 bits per heavy atom. The highest BCUT2D eigenvalue weighted by Gasteiger charge is 2.18. The van der Waals surface area contributed by atoms with E-state index >= 15 is 0 Å². The number of aromatic nitrogens is 2. The van der Waals surface area contributed by atoms with Crippen LogP contribution in [0.5, 0.6) is 0 Å². The highest BCUT2D eigenvalue weighted by atomic mass is 16.1. The van der Waals surface area contributed by atoms with Crippen molar-refractivity contribution in [2.24, 2.45) is 5.92 Å². The van der Waals surface area contributed by atoms with E-state index in [1.807, 2.05) is 17.7 Å². The molecule has 1 fully saturated rings. The lowest BCUT2D eigenvalue weighted by atomic mass is 9.93. The monoisotopic (exact) mass is 249 g/mol. The van der Waals surface area contributed by atoms with Crippen LogP contribution in [0.4, 0.5) is 0 Å². The Bertz CT molecular complexity index is 405. The number of ketones is 1. The minimum Gasteiger partial charge on any atom is -0.316 e. The van der Waals surface area contributed by atoms with Crippen LogP contribution in [0.2, 0.25) is 0 Å². The topological polar surface area (TPSA) is 46.9 Å². The lowest BCUT2D eigenvalue weighted by Gasteiger charge is -2.21.